The second kappa shape index (κ2) is 6.15. The SMILES string of the molecule is c1ccc(Cn2cc(C[Se]c3cccs3)nn2)cc1. The summed E-state index contributed by atoms with van der Waals surface area (Å²) in [6, 6.07) is 14.6. The van der Waals surface area contributed by atoms with Gasteiger partial charge in [-0.2, -0.15) is 0 Å². The molecule has 0 atom stereocenters. The first-order valence-electron chi connectivity index (χ1n) is 5.99. The van der Waals surface area contributed by atoms with Crippen LogP contribution in [0.3, 0.4) is 0 Å². The molecule has 0 saturated carbocycles. The molecule has 0 fully saturated rings. The maximum atomic E-state index is 4.25. The zero-order valence-electron chi connectivity index (χ0n) is 10.3. The third-order valence-electron chi connectivity index (χ3n) is 2.63. The first-order chi connectivity index (χ1) is 9.40. The Bertz CT molecular complexity index is 619. The molecule has 2 heterocycles. The van der Waals surface area contributed by atoms with Crippen LogP contribution in [0.4, 0.5) is 0 Å². The summed E-state index contributed by atoms with van der Waals surface area (Å²) in [5, 5.41) is 11.6. The maximum absolute atomic E-state index is 4.25. The molecule has 5 heteroatoms. The molecular formula is C14H13N3SSe. The van der Waals surface area contributed by atoms with Gasteiger partial charge in [0.05, 0.1) is 0 Å². The van der Waals surface area contributed by atoms with E-state index in [9.17, 15) is 0 Å². The van der Waals surface area contributed by atoms with Crippen molar-refractivity contribution in [1.82, 2.24) is 15.0 Å². The second-order valence-electron chi connectivity index (χ2n) is 4.11. The van der Waals surface area contributed by atoms with E-state index in [0.717, 1.165) is 17.6 Å². The average molecular weight is 334 g/mol. The number of rotatable bonds is 5. The molecule has 96 valence electrons. The van der Waals surface area contributed by atoms with E-state index < -0.39 is 0 Å². The summed E-state index contributed by atoms with van der Waals surface area (Å²) in [7, 11) is 0. The van der Waals surface area contributed by atoms with Crippen LogP contribution in [0.2, 0.25) is 0 Å². The summed E-state index contributed by atoms with van der Waals surface area (Å²) in [6.45, 7) is 0.792. The molecule has 0 bridgehead atoms. The van der Waals surface area contributed by atoms with Crippen LogP contribution in [0.15, 0.2) is 54.0 Å². The Balaban J connectivity index is 1.60. The van der Waals surface area contributed by atoms with Gasteiger partial charge in [0, 0.05) is 0 Å². The van der Waals surface area contributed by atoms with Gasteiger partial charge in [0.25, 0.3) is 0 Å². The molecule has 3 nitrogen and oxygen atoms in total. The first-order valence-corrected chi connectivity index (χ1v) is 8.94. The van der Waals surface area contributed by atoms with E-state index in [4.69, 9.17) is 0 Å². The summed E-state index contributed by atoms with van der Waals surface area (Å²) < 4.78 is 3.37. The summed E-state index contributed by atoms with van der Waals surface area (Å²) in [4.78, 5) is 0. The van der Waals surface area contributed by atoms with Gasteiger partial charge in [0.2, 0.25) is 0 Å². The van der Waals surface area contributed by atoms with Crippen molar-refractivity contribution < 1.29 is 0 Å². The summed E-state index contributed by atoms with van der Waals surface area (Å²) in [5.74, 6) is 0. The standard InChI is InChI=1S/C14H13N3SSe/c1-2-5-12(6-3-1)9-17-10-13(15-16-17)11-19-14-7-4-8-18-14/h1-8,10H,9,11H2. The van der Waals surface area contributed by atoms with Crippen molar-refractivity contribution in [1.29, 1.82) is 0 Å². The van der Waals surface area contributed by atoms with Gasteiger partial charge in [-0.3, -0.25) is 0 Å². The van der Waals surface area contributed by atoms with E-state index in [1.807, 2.05) is 34.2 Å². The summed E-state index contributed by atoms with van der Waals surface area (Å²) >= 11 is 2.30. The molecule has 3 aromatic rings. The topological polar surface area (TPSA) is 30.7 Å². The number of hydrogen-bond donors (Lipinski definition) is 0. The van der Waals surface area contributed by atoms with Crippen LogP contribution in [-0.4, -0.2) is 30.0 Å². The molecule has 0 unspecified atom stereocenters. The predicted molar refractivity (Wildman–Crippen MR) is 79.0 cm³/mol. The van der Waals surface area contributed by atoms with Crippen LogP contribution in [0.25, 0.3) is 0 Å². The summed E-state index contributed by atoms with van der Waals surface area (Å²) in [6.07, 6.45) is 2.06. The van der Waals surface area contributed by atoms with Crippen molar-refractivity contribution >= 4 is 30.1 Å². The molecular weight excluding hydrogens is 321 g/mol. The Kier molecular flexibility index (Phi) is 4.08. The summed E-state index contributed by atoms with van der Waals surface area (Å²) in [5.41, 5.74) is 2.34. The third-order valence-corrected chi connectivity index (χ3v) is 6.32. The zero-order chi connectivity index (χ0) is 12.9. The van der Waals surface area contributed by atoms with Crippen molar-refractivity contribution in [2.24, 2.45) is 0 Å². The van der Waals surface area contributed by atoms with Crippen LogP contribution in [0.1, 0.15) is 11.3 Å². The Morgan fingerprint density at radius 1 is 1.11 bits per heavy atom. The fourth-order valence-corrected chi connectivity index (χ4v) is 4.60. The average Bonchev–Trinajstić information content (AvgIpc) is 3.09. The van der Waals surface area contributed by atoms with Gasteiger partial charge in [-0.05, 0) is 0 Å². The third kappa shape index (κ3) is 3.53. The molecule has 0 N–H and O–H groups in total. The quantitative estimate of drug-likeness (QED) is 0.668. The van der Waals surface area contributed by atoms with Crippen LogP contribution in [-0.2, 0) is 11.9 Å². The minimum absolute atomic E-state index is 0.474. The van der Waals surface area contributed by atoms with Gasteiger partial charge in [0.1, 0.15) is 0 Å². The molecule has 0 aliphatic heterocycles. The molecule has 0 saturated heterocycles. The van der Waals surface area contributed by atoms with E-state index in [0.29, 0.717) is 15.0 Å². The number of hydrogen-bond acceptors (Lipinski definition) is 3. The Morgan fingerprint density at radius 3 is 2.79 bits per heavy atom. The van der Waals surface area contributed by atoms with Gasteiger partial charge < -0.3 is 0 Å². The van der Waals surface area contributed by atoms with E-state index in [1.165, 1.54) is 9.34 Å². The van der Waals surface area contributed by atoms with Crippen LogP contribution in [0.5, 0.6) is 0 Å². The van der Waals surface area contributed by atoms with Gasteiger partial charge in [-0.15, -0.1) is 0 Å². The van der Waals surface area contributed by atoms with Crippen LogP contribution < -0.4 is 3.78 Å². The number of nitrogens with zero attached hydrogens (tertiary/aromatic N) is 3. The fourth-order valence-electron chi connectivity index (χ4n) is 1.74. The molecule has 0 aliphatic rings. The second-order valence-corrected chi connectivity index (χ2v) is 7.78. The Labute approximate surface area is 122 Å². The van der Waals surface area contributed by atoms with Crippen molar-refractivity contribution in [3.63, 3.8) is 0 Å². The molecule has 0 amide bonds. The van der Waals surface area contributed by atoms with Gasteiger partial charge >= 0.3 is 122 Å². The van der Waals surface area contributed by atoms with Crippen molar-refractivity contribution in [2.45, 2.75) is 11.9 Å². The number of thiophene rings is 1. The van der Waals surface area contributed by atoms with Crippen molar-refractivity contribution in [2.75, 3.05) is 0 Å². The van der Waals surface area contributed by atoms with E-state index in [1.54, 1.807) is 0 Å². The van der Waals surface area contributed by atoms with Gasteiger partial charge in [-0.1, -0.05) is 0 Å². The zero-order valence-corrected chi connectivity index (χ0v) is 12.8. The number of aromatic nitrogens is 3. The fraction of sp³-hybridized carbons (Fsp3) is 0.143. The van der Waals surface area contributed by atoms with Crippen LogP contribution in [0, 0.1) is 0 Å². The molecule has 0 aliphatic carbocycles. The van der Waals surface area contributed by atoms with Crippen molar-refractivity contribution in [3.05, 3.63) is 65.3 Å². The van der Waals surface area contributed by atoms with Gasteiger partial charge in [0.15, 0.2) is 0 Å². The van der Waals surface area contributed by atoms with Gasteiger partial charge in [-0.25, -0.2) is 0 Å². The Hall–Kier alpha value is -1.42. The molecule has 19 heavy (non-hydrogen) atoms. The Morgan fingerprint density at radius 2 is 2.00 bits per heavy atom. The monoisotopic (exact) mass is 335 g/mol. The van der Waals surface area contributed by atoms with E-state index >= 15 is 0 Å². The first kappa shape index (κ1) is 12.6. The number of benzene rings is 1. The molecule has 3 rings (SSSR count). The van der Waals surface area contributed by atoms with Crippen molar-refractivity contribution in [3.8, 4) is 0 Å². The molecule has 2 aromatic heterocycles. The normalized spacial score (nSPS) is 10.7. The molecule has 0 spiro atoms. The van der Waals surface area contributed by atoms with E-state index in [2.05, 4.69) is 46.2 Å². The predicted octanol–water partition coefficient (Wildman–Crippen LogP) is 1.92. The van der Waals surface area contributed by atoms with Crippen LogP contribution >= 0.6 is 11.3 Å². The van der Waals surface area contributed by atoms with E-state index in [-0.39, 0.29) is 0 Å². The molecule has 0 radical (unpaired) electrons. The minimum atomic E-state index is 0.474. The molecule has 1 aromatic carbocycles.